The minimum atomic E-state index is -4.46. The number of halogens is 4. The van der Waals surface area contributed by atoms with Crippen molar-refractivity contribution < 1.29 is 27.5 Å². The summed E-state index contributed by atoms with van der Waals surface area (Å²) in [6.07, 6.45) is -3.51. The molecule has 1 aromatic rings. The number of carbonyl (C=O) groups is 1. The summed E-state index contributed by atoms with van der Waals surface area (Å²) in [7, 11) is 0. The SMILES string of the molecule is C=C(F)C(=O)N1CC2(CO)CC(c3cccc(C(F)(F)F)c3)(C1)C2. The van der Waals surface area contributed by atoms with Crippen LogP contribution in [0.2, 0.25) is 0 Å². The summed E-state index contributed by atoms with van der Waals surface area (Å²) in [5.41, 5.74) is -1.57. The quantitative estimate of drug-likeness (QED) is 0.677. The van der Waals surface area contributed by atoms with Gasteiger partial charge in [-0.05, 0) is 24.5 Å². The molecule has 1 aliphatic carbocycles. The number of piperidine rings is 2. The van der Waals surface area contributed by atoms with Crippen LogP contribution >= 0.6 is 0 Å². The highest BCUT2D eigenvalue weighted by molar-refractivity contribution is 5.91. The van der Waals surface area contributed by atoms with Crippen LogP contribution in [-0.2, 0) is 16.4 Å². The fourth-order valence-electron chi connectivity index (χ4n) is 4.23. The Bertz CT molecular complexity index is 692. The van der Waals surface area contributed by atoms with Gasteiger partial charge in [0, 0.05) is 23.9 Å². The number of carbonyl (C=O) groups excluding carboxylic acids is 1. The van der Waals surface area contributed by atoms with Crippen molar-refractivity contribution in [3.63, 3.8) is 0 Å². The fraction of sp³-hybridized carbons (Fsp3) is 0.471. The highest BCUT2D eigenvalue weighted by Crippen LogP contribution is 2.60. The standard InChI is InChI=1S/C17H17F4NO2/c1-11(18)14(24)22-8-15(10-23)6-16(7-15,9-22)12-3-2-4-13(5-12)17(19,20)21/h2-5,23H,1,6-10H2. The Labute approximate surface area is 136 Å². The van der Waals surface area contributed by atoms with E-state index < -0.39 is 34.3 Å². The van der Waals surface area contributed by atoms with Gasteiger partial charge in [-0.25, -0.2) is 4.39 Å². The zero-order chi connectivity index (χ0) is 17.8. The lowest BCUT2D eigenvalue weighted by atomic mass is 9.48. The van der Waals surface area contributed by atoms with E-state index in [1.54, 1.807) is 6.07 Å². The molecule has 0 radical (unpaired) electrons. The second-order valence-corrected chi connectivity index (χ2v) is 6.94. The molecule has 7 heteroatoms. The van der Waals surface area contributed by atoms with Crippen molar-refractivity contribution in [3.05, 3.63) is 47.8 Å². The maximum atomic E-state index is 13.2. The molecule has 0 atom stereocenters. The van der Waals surface area contributed by atoms with Crippen LogP contribution in [0.4, 0.5) is 17.6 Å². The number of nitrogens with zero attached hydrogens (tertiary/aromatic N) is 1. The van der Waals surface area contributed by atoms with Crippen LogP contribution in [0.25, 0.3) is 0 Å². The number of aliphatic hydroxyl groups is 1. The molecular weight excluding hydrogens is 326 g/mol. The summed E-state index contributed by atoms with van der Waals surface area (Å²) in [4.78, 5) is 13.2. The minimum absolute atomic E-state index is 0.123. The third kappa shape index (κ3) is 2.60. The van der Waals surface area contributed by atoms with Gasteiger partial charge in [0.15, 0.2) is 5.83 Å². The molecule has 1 N–H and O–H groups in total. The number of benzene rings is 1. The Morgan fingerprint density at radius 1 is 1.29 bits per heavy atom. The summed E-state index contributed by atoms with van der Waals surface area (Å²) in [5, 5.41) is 9.64. The lowest BCUT2D eigenvalue weighted by molar-refractivity contribution is -0.152. The fourth-order valence-corrected chi connectivity index (χ4v) is 4.23. The van der Waals surface area contributed by atoms with Gasteiger partial charge in [-0.3, -0.25) is 4.79 Å². The number of fused-ring (bicyclic) bond motifs is 2. The first-order valence-corrected chi connectivity index (χ1v) is 7.53. The molecule has 2 saturated heterocycles. The molecule has 2 heterocycles. The van der Waals surface area contributed by atoms with Crippen molar-refractivity contribution in [2.24, 2.45) is 5.41 Å². The van der Waals surface area contributed by atoms with Crippen LogP contribution in [0.15, 0.2) is 36.7 Å². The topological polar surface area (TPSA) is 40.5 Å². The van der Waals surface area contributed by atoms with Crippen LogP contribution in [0.1, 0.15) is 24.0 Å². The summed E-state index contributed by atoms with van der Waals surface area (Å²) >= 11 is 0. The summed E-state index contributed by atoms with van der Waals surface area (Å²) in [6, 6.07) is 5.00. The van der Waals surface area contributed by atoms with E-state index >= 15 is 0 Å². The maximum absolute atomic E-state index is 13.2. The molecule has 2 aliphatic heterocycles. The normalized spacial score (nSPS) is 29.1. The molecule has 0 unspecified atom stereocenters. The monoisotopic (exact) mass is 343 g/mol. The molecule has 24 heavy (non-hydrogen) atoms. The molecule has 1 amide bonds. The third-order valence-corrected chi connectivity index (χ3v) is 5.10. The van der Waals surface area contributed by atoms with Crippen LogP contribution in [0.3, 0.4) is 0 Å². The number of amides is 1. The van der Waals surface area contributed by atoms with Gasteiger partial charge in [-0.1, -0.05) is 24.8 Å². The molecule has 2 bridgehead atoms. The number of aliphatic hydroxyl groups excluding tert-OH is 1. The van der Waals surface area contributed by atoms with E-state index in [0.29, 0.717) is 18.4 Å². The van der Waals surface area contributed by atoms with Crippen molar-refractivity contribution in [1.29, 1.82) is 0 Å². The number of alkyl halides is 3. The van der Waals surface area contributed by atoms with E-state index in [1.165, 1.54) is 11.0 Å². The van der Waals surface area contributed by atoms with Crippen molar-refractivity contribution >= 4 is 5.91 Å². The highest BCUT2D eigenvalue weighted by Gasteiger charge is 2.61. The summed E-state index contributed by atoms with van der Waals surface area (Å²) in [5.74, 6) is -1.98. The Morgan fingerprint density at radius 2 is 1.96 bits per heavy atom. The van der Waals surface area contributed by atoms with Gasteiger partial charge in [0.1, 0.15) is 0 Å². The van der Waals surface area contributed by atoms with E-state index in [9.17, 15) is 27.5 Å². The van der Waals surface area contributed by atoms with Crippen LogP contribution in [0, 0.1) is 5.41 Å². The first kappa shape index (κ1) is 17.0. The molecule has 3 nitrogen and oxygen atoms in total. The minimum Gasteiger partial charge on any atom is -0.396 e. The first-order chi connectivity index (χ1) is 11.1. The smallest absolute Gasteiger partial charge is 0.396 e. The molecule has 3 fully saturated rings. The first-order valence-electron chi connectivity index (χ1n) is 7.53. The van der Waals surface area contributed by atoms with Crippen molar-refractivity contribution in [3.8, 4) is 0 Å². The Morgan fingerprint density at radius 3 is 2.50 bits per heavy atom. The van der Waals surface area contributed by atoms with Crippen LogP contribution in [0.5, 0.6) is 0 Å². The second-order valence-electron chi connectivity index (χ2n) is 6.94. The third-order valence-electron chi connectivity index (χ3n) is 5.10. The average Bonchev–Trinajstić information content (AvgIpc) is 2.52. The van der Waals surface area contributed by atoms with Gasteiger partial charge in [0.2, 0.25) is 0 Å². The van der Waals surface area contributed by atoms with E-state index in [-0.39, 0.29) is 19.7 Å². The molecule has 1 saturated carbocycles. The summed E-state index contributed by atoms with van der Waals surface area (Å²) < 4.78 is 52.1. The van der Waals surface area contributed by atoms with E-state index in [2.05, 4.69) is 6.58 Å². The van der Waals surface area contributed by atoms with Gasteiger partial charge < -0.3 is 10.0 Å². The molecule has 0 aromatic heterocycles. The van der Waals surface area contributed by atoms with Gasteiger partial charge >= 0.3 is 6.18 Å². The zero-order valence-corrected chi connectivity index (χ0v) is 12.9. The van der Waals surface area contributed by atoms with Crippen molar-refractivity contribution in [2.45, 2.75) is 24.4 Å². The number of hydrogen-bond donors (Lipinski definition) is 1. The molecule has 4 rings (SSSR count). The predicted molar refractivity (Wildman–Crippen MR) is 78.7 cm³/mol. The Balaban J connectivity index is 1.95. The zero-order valence-electron chi connectivity index (χ0n) is 12.9. The lowest BCUT2D eigenvalue weighted by Crippen LogP contribution is -2.67. The summed E-state index contributed by atoms with van der Waals surface area (Å²) in [6.45, 7) is 3.10. The largest absolute Gasteiger partial charge is 0.416 e. The molecule has 1 aromatic carbocycles. The highest BCUT2D eigenvalue weighted by atomic mass is 19.4. The second kappa shape index (κ2) is 5.31. The van der Waals surface area contributed by atoms with Crippen molar-refractivity contribution in [1.82, 2.24) is 4.90 Å². The van der Waals surface area contributed by atoms with E-state index in [0.717, 1.165) is 12.1 Å². The molecule has 130 valence electrons. The van der Waals surface area contributed by atoms with Crippen molar-refractivity contribution in [2.75, 3.05) is 19.7 Å². The van der Waals surface area contributed by atoms with Crippen LogP contribution < -0.4 is 0 Å². The van der Waals surface area contributed by atoms with E-state index in [4.69, 9.17) is 0 Å². The molecular formula is C17H17F4NO2. The molecule has 3 aliphatic rings. The van der Waals surface area contributed by atoms with Gasteiger partial charge in [-0.15, -0.1) is 0 Å². The maximum Gasteiger partial charge on any atom is 0.416 e. The Kier molecular flexibility index (Phi) is 3.75. The number of hydrogen-bond acceptors (Lipinski definition) is 2. The van der Waals surface area contributed by atoms with Crippen LogP contribution in [-0.4, -0.2) is 35.6 Å². The van der Waals surface area contributed by atoms with Gasteiger partial charge in [-0.2, -0.15) is 13.2 Å². The predicted octanol–water partition coefficient (Wildman–Crippen LogP) is 3.04. The Hall–Kier alpha value is -1.89. The average molecular weight is 343 g/mol. The molecule has 0 spiro atoms. The van der Waals surface area contributed by atoms with Gasteiger partial charge in [0.25, 0.3) is 5.91 Å². The van der Waals surface area contributed by atoms with E-state index in [1.807, 2.05) is 0 Å². The lowest BCUT2D eigenvalue weighted by Gasteiger charge is -2.63. The van der Waals surface area contributed by atoms with Gasteiger partial charge in [0.05, 0.1) is 12.2 Å². The number of rotatable bonds is 3.